The van der Waals surface area contributed by atoms with Crippen LogP contribution in [0.2, 0.25) is 0 Å². The first-order valence-corrected chi connectivity index (χ1v) is 18.7. The first-order chi connectivity index (χ1) is 23.7. The number of ether oxygens (including phenoxy) is 2. The molecular formula is C40H51BN2O7. The molecule has 6 fully saturated rings. The summed E-state index contributed by atoms with van der Waals surface area (Å²) in [4.78, 5) is 44.9. The number of fused-ring (bicyclic) bond motifs is 3. The highest BCUT2D eigenvalue weighted by Gasteiger charge is 2.68. The van der Waals surface area contributed by atoms with Crippen molar-refractivity contribution in [2.75, 3.05) is 19.7 Å². The van der Waals surface area contributed by atoms with Gasteiger partial charge in [-0.05, 0) is 105 Å². The van der Waals surface area contributed by atoms with E-state index in [2.05, 4.69) is 45.0 Å². The molecule has 9 nitrogen and oxygen atoms in total. The van der Waals surface area contributed by atoms with Crippen molar-refractivity contribution in [3.63, 3.8) is 0 Å². The summed E-state index contributed by atoms with van der Waals surface area (Å²) >= 11 is 0. The highest BCUT2D eigenvalue weighted by Crippen LogP contribution is 2.65. The molecule has 266 valence electrons. The SMILES string of the molecule is CC(C)(C)OC(=O)N1C[C@H](CC(=O)OCC2c3ccccc3-c3ccccc32)C[C@H]1C(=O)N1CCC[C@H]1B1OC2C3CC(CC2(C)O1)C3(C)C. The van der Waals surface area contributed by atoms with Crippen molar-refractivity contribution in [1.82, 2.24) is 9.80 Å². The van der Waals surface area contributed by atoms with E-state index in [0.717, 1.165) is 30.4 Å². The molecule has 2 aromatic rings. The Morgan fingerprint density at radius 1 is 0.960 bits per heavy atom. The Labute approximate surface area is 296 Å². The molecule has 2 aromatic carbocycles. The predicted octanol–water partition coefficient (Wildman–Crippen LogP) is 6.62. The third kappa shape index (κ3) is 5.65. The number of esters is 1. The Morgan fingerprint density at radius 2 is 1.64 bits per heavy atom. The molecule has 4 unspecified atom stereocenters. The van der Waals surface area contributed by atoms with Crippen LogP contribution in [0.4, 0.5) is 4.79 Å². The number of hydrogen-bond donors (Lipinski definition) is 0. The summed E-state index contributed by atoms with van der Waals surface area (Å²) in [6, 6.07) is 15.8. The zero-order valence-corrected chi connectivity index (χ0v) is 30.4. The van der Waals surface area contributed by atoms with Crippen molar-refractivity contribution in [1.29, 1.82) is 0 Å². The van der Waals surface area contributed by atoms with E-state index >= 15 is 0 Å². The molecule has 4 aliphatic carbocycles. The van der Waals surface area contributed by atoms with Crippen molar-refractivity contribution < 1.29 is 33.2 Å². The monoisotopic (exact) mass is 682 g/mol. The van der Waals surface area contributed by atoms with Gasteiger partial charge in [-0.2, -0.15) is 0 Å². The van der Waals surface area contributed by atoms with E-state index in [1.54, 1.807) is 4.90 Å². The van der Waals surface area contributed by atoms with Gasteiger partial charge >= 0.3 is 19.2 Å². The first-order valence-electron chi connectivity index (χ1n) is 18.7. The van der Waals surface area contributed by atoms with Crippen LogP contribution >= 0.6 is 0 Å². The molecule has 2 amide bonds. The van der Waals surface area contributed by atoms with Gasteiger partial charge in [0, 0.05) is 19.0 Å². The van der Waals surface area contributed by atoms with Crippen LogP contribution in [0.5, 0.6) is 0 Å². The van der Waals surface area contributed by atoms with E-state index < -0.39 is 24.9 Å². The predicted molar refractivity (Wildman–Crippen MR) is 189 cm³/mol. The Kier molecular flexibility index (Phi) is 8.18. The molecule has 7 atom stereocenters. The molecule has 7 aliphatic rings. The largest absolute Gasteiger partial charge is 0.481 e. The Hall–Kier alpha value is -3.37. The van der Waals surface area contributed by atoms with Gasteiger partial charge in [0.25, 0.3) is 0 Å². The highest BCUT2D eigenvalue weighted by molar-refractivity contribution is 6.48. The molecule has 2 bridgehead atoms. The van der Waals surface area contributed by atoms with Crippen LogP contribution in [0.15, 0.2) is 48.5 Å². The van der Waals surface area contributed by atoms with E-state index in [1.165, 1.54) is 17.5 Å². The average Bonchev–Trinajstić information content (AvgIpc) is 3.85. The minimum atomic E-state index is -0.733. The summed E-state index contributed by atoms with van der Waals surface area (Å²) in [5.74, 6) is 0.167. The van der Waals surface area contributed by atoms with Crippen molar-refractivity contribution in [2.24, 2.45) is 23.2 Å². The maximum atomic E-state index is 14.5. The second-order valence-electron chi connectivity index (χ2n) is 17.5. The maximum absolute atomic E-state index is 14.5. The van der Waals surface area contributed by atoms with Crippen molar-refractivity contribution in [3.8, 4) is 11.1 Å². The van der Waals surface area contributed by atoms with Crippen LogP contribution in [-0.2, 0) is 28.4 Å². The molecule has 10 heteroatoms. The number of hydrogen-bond acceptors (Lipinski definition) is 7. The van der Waals surface area contributed by atoms with Crippen LogP contribution in [0.3, 0.4) is 0 Å². The molecule has 0 radical (unpaired) electrons. The normalized spacial score (nSPS) is 32.3. The first kappa shape index (κ1) is 33.8. The molecule has 3 aliphatic heterocycles. The number of carbonyl (C=O) groups is 3. The Morgan fingerprint density at radius 3 is 2.30 bits per heavy atom. The number of amides is 2. The quantitative estimate of drug-likeness (QED) is 0.250. The summed E-state index contributed by atoms with van der Waals surface area (Å²) in [5.41, 5.74) is 3.86. The standard InChI is InChI=1S/C40H51BN2O7/c1-38(2,3)48-37(46)43-22-24(19-34(44)47-23-30-28-14-9-7-12-26(28)27-13-8-10-15-29(27)30)18-32(43)36(45)42-17-11-16-33(42)41-49-35-31-20-25(39(31,4)5)21-40(35,6)50-41/h7-10,12-15,24-25,30-33,35H,11,16-23H2,1-6H3/t24-,25?,31?,32-,33-,35?,40?/m0/s1. The Bertz CT molecular complexity index is 1640. The van der Waals surface area contributed by atoms with Gasteiger partial charge in [0.15, 0.2) is 0 Å². The minimum Gasteiger partial charge on any atom is -0.465 e. The molecule has 3 saturated carbocycles. The lowest BCUT2D eigenvalue weighted by Gasteiger charge is -2.63. The maximum Gasteiger partial charge on any atom is 0.481 e. The molecule has 50 heavy (non-hydrogen) atoms. The number of likely N-dealkylation sites (tertiary alicyclic amines) is 2. The van der Waals surface area contributed by atoms with Gasteiger partial charge in [-0.3, -0.25) is 14.5 Å². The number of benzene rings is 2. The van der Waals surface area contributed by atoms with Crippen LogP contribution in [-0.4, -0.2) is 83.9 Å². The van der Waals surface area contributed by atoms with Gasteiger partial charge in [-0.1, -0.05) is 62.4 Å². The van der Waals surface area contributed by atoms with E-state index in [1.807, 2.05) is 49.9 Å². The second kappa shape index (κ2) is 12.1. The molecule has 3 saturated heterocycles. The fourth-order valence-electron chi connectivity index (χ4n) is 10.2. The minimum absolute atomic E-state index is 0.0244. The number of nitrogens with zero attached hydrogens (tertiary/aromatic N) is 2. The molecule has 0 N–H and O–H groups in total. The van der Waals surface area contributed by atoms with Crippen molar-refractivity contribution in [2.45, 2.75) is 115 Å². The third-order valence-electron chi connectivity index (χ3n) is 12.9. The molecule has 9 rings (SSSR count). The smallest absolute Gasteiger partial charge is 0.465 e. The van der Waals surface area contributed by atoms with Crippen LogP contribution in [0, 0.1) is 23.2 Å². The van der Waals surface area contributed by atoms with E-state index in [0.29, 0.717) is 24.8 Å². The van der Waals surface area contributed by atoms with Crippen LogP contribution in [0.25, 0.3) is 11.1 Å². The fraction of sp³-hybridized carbons (Fsp3) is 0.625. The Balaban J connectivity index is 0.952. The molecule has 0 aromatic heterocycles. The van der Waals surface area contributed by atoms with Gasteiger partial charge in [0.1, 0.15) is 18.2 Å². The third-order valence-corrected chi connectivity index (χ3v) is 12.9. The van der Waals surface area contributed by atoms with Crippen molar-refractivity contribution in [3.05, 3.63) is 59.7 Å². The topological polar surface area (TPSA) is 94.6 Å². The van der Waals surface area contributed by atoms with Gasteiger partial charge in [0.2, 0.25) is 5.91 Å². The number of carbonyl (C=O) groups excluding carboxylic acids is 3. The summed E-state index contributed by atoms with van der Waals surface area (Å²) < 4.78 is 25.2. The van der Waals surface area contributed by atoms with Gasteiger partial charge in [-0.15, -0.1) is 0 Å². The second-order valence-corrected chi connectivity index (χ2v) is 17.5. The summed E-state index contributed by atoms with van der Waals surface area (Å²) in [6.45, 7) is 13.4. The molecule has 0 spiro atoms. The zero-order valence-electron chi connectivity index (χ0n) is 30.4. The highest BCUT2D eigenvalue weighted by atomic mass is 16.7. The van der Waals surface area contributed by atoms with Gasteiger partial charge in [0.05, 0.1) is 24.1 Å². The van der Waals surface area contributed by atoms with Crippen LogP contribution < -0.4 is 0 Å². The lowest BCUT2D eigenvalue weighted by Crippen LogP contribution is -2.63. The molecular weight excluding hydrogens is 631 g/mol. The van der Waals surface area contributed by atoms with E-state index in [-0.39, 0.29) is 66.3 Å². The average molecular weight is 683 g/mol. The molecule has 3 heterocycles. The summed E-state index contributed by atoms with van der Waals surface area (Å²) in [6.07, 6.45) is 3.78. The number of rotatable bonds is 6. The van der Waals surface area contributed by atoms with Crippen LogP contribution in [0.1, 0.15) is 97.1 Å². The lowest BCUT2D eigenvalue weighted by molar-refractivity contribution is -0.185. The fourth-order valence-corrected chi connectivity index (χ4v) is 10.2. The summed E-state index contributed by atoms with van der Waals surface area (Å²) in [7, 11) is -0.486. The summed E-state index contributed by atoms with van der Waals surface area (Å²) in [5, 5.41) is 0. The van der Waals surface area contributed by atoms with Gasteiger partial charge < -0.3 is 23.7 Å². The van der Waals surface area contributed by atoms with Gasteiger partial charge in [-0.25, -0.2) is 4.79 Å². The lowest BCUT2D eigenvalue weighted by atomic mass is 9.45. The van der Waals surface area contributed by atoms with E-state index in [9.17, 15) is 14.4 Å². The van der Waals surface area contributed by atoms with E-state index in [4.69, 9.17) is 18.8 Å². The van der Waals surface area contributed by atoms with Crippen molar-refractivity contribution >= 4 is 25.1 Å². The zero-order chi connectivity index (χ0) is 35.2.